The van der Waals surface area contributed by atoms with Crippen LogP contribution in [0.4, 0.5) is 0 Å². The van der Waals surface area contributed by atoms with Gasteiger partial charge in [-0.1, -0.05) is 63.5 Å². The number of hydrogen-bond acceptors (Lipinski definition) is 3. The van der Waals surface area contributed by atoms with Gasteiger partial charge in [0.15, 0.2) is 0 Å². The van der Waals surface area contributed by atoms with E-state index in [1.807, 2.05) is 0 Å². The van der Waals surface area contributed by atoms with Crippen molar-refractivity contribution in [3.05, 3.63) is 12.2 Å². The smallest absolute Gasteiger partial charge is 0.264 e. The molecule has 21 heavy (non-hydrogen) atoms. The van der Waals surface area contributed by atoms with Crippen LogP contribution in [0, 0.1) is 5.92 Å². The summed E-state index contributed by atoms with van der Waals surface area (Å²) < 4.78 is 26.2. The average molecular weight is 317 g/mol. The van der Waals surface area contributed by atoms with Crippen molar-refractivity contribution in [3.63, 3.8) is 0 Å². The van der Waals surface area contributed by atoms with Crippen molar-refractivity contribution in [2.75, 3.05) is 12.9 Å². The van der Waals surface area contributed by atoms with Crippen molar-refractivity contribution in [1.82, 2.24) is 0 Å². The van der Waals surface area contributed by atoms with E-state index >= 15 is 0 Å². The molecule has 1 atom stereocenters. The zero-order valence-electron chi connectivity index (χ0n) is 13.6. The zero-order chi connectivity index (χ0) is 15.4. The van der Waals surface area contributed by atoms with E-state index < -0.39 is 10.1 Å². The Labute approximate surface area is 131 Å². The molecule has 0 saturated heterocycles. The van der Waals surface area contributed by atoms with Crippen LogP contribution in [0.25, 0.3) is 0 Å². The molecule has 0 spiro atoms. The SMILES string of the molecule is CS(=O)(=O)OCCCCCCCCCCC[C@@H]1C=CCC1. The van der Waals surface area contributed by atoms with E-state index in [1.54, 1.807) is 0 Å². The van der Waals surface area contributed by atoms with Gasteiger partial charge in [0.05, 0.1) is 12.9 Å². The lowest BCUT2D eigenvalue weighted by Crippen LogP contribution is -2.03. The highest BCUT2D eigenvalue weighted by atomic mass is 32.2. The molecule has 1 aliphatic carbocycles. The lowest BCUT2D eigenvalue weighted by Gasteiger charge is -2.06. The molecule has 4 heteroatoms. The Bertz CT molecular complexity index is 373. The summed E-state index contributed by atoms with van der Waals surface area (Å²) in [6.07, 6.45) is 21.1. The Morgan fingerprint density at radius 1 is 0.952 bits per heavy atom. The van der Waals surface area contributed by atoms with Crippen LogP contribution in [0.2, 0.25) is 0 Å². The van der Waals surface area contributed by atoms with Gasteiger partial charge in [0.25, 0.3) is 10.1 Å². The standard InChI is InChI=1S/C17H32O3S/c1-21(18,19)20-16-12-8-6-4-2-3-5-7-9-13-17-14-10-11-15-17/h10,14,17H,2-9,11-13,15-16H2,1H3/t17-/m1/s1. The summed E-state index contributed by atoms with van der Waals surface area (Å²) in [5, 5.41) is 0. The first-order valence-corrected chi connectivity index (χ1v) is 10.4. The number of allylic oxidation sites excluding steroid dienone is 2. The lowest BCUT2D eigenvalue weighted by atomic mass is 9.99. The molecule has 0 heterocycles. The topological polar surface area (TPSA) is 43.4 Å². The fourth-order valence-corrected chi connectivity index (χ4v) is 3.31. The monoisotopic (exact) mass is 316 g/mol. The second-order valence-corrected chi connectivity index (χ2v) is 7.91. The highest BCUT2D eigenvalue weighted by molar-refractivity contribution is 7.85. The van der Waals surface area contributed by atoms with E-state index in [2.05, 4.69) is 12.2 Å². The Morgan fingerprint density at radius 2 is 1.52 bits per heavy atom. The van der Waals surface area contributed by atoms with Crippen LogP contribution < -0.4 is 0 Å². The Morgan fingerprint density at radius 3 is 2.05 bits per heavy atom. The minimum absolute atomic E-state index is 0.342. The van der Waals surface area contributed by atoms with Gasteiger partial charge in [-0.05, 0) is 31.6 Å². The summed E-state index contributed by atoms with van der Waals surface area (Å²) in [6.45, 7) is 0.342. The van der Waals surface area contributed by atoms with Crippen LogP contribution in [0.3, 0.4) is 0 Å². The summed E-state index contributed by atoms with van der Waals surface area (Å²) in [7, 11) is -3.24. The van der Waals surface area contributed by atoms with Crippen molar-refractivity contribution >= 4 is 10.1 Å². The van der Waals surface area contributed by atoms with E-state index in [4.69, 9.17) is 4.18 Å². The minimum Gasteiger partial charge on any atom is -0.270 e. The molecule has 0 N–H and O–H groups in total. The van der Waals surface area contributed by atoms with Crippen molar-refractivity contribution in [1.29, 1.82) is 0 Å². The summed E-state index contributed by atoms with van der Waals surface area (Å²) in [6, 6.07) is 0. The molecule has 1 rings (SSSR count). The maximum atomic E-state index is 10.7. The third-order valence-electron chi connectivity index (χ3n) is 4.13. The molecule has 0 aliphatic heterocycles. The van der Waals surface area contributed by atoms with Gasteiger partial charge in [-0.3, -0.25) is 4.18 Å². The van der Waals surface area contributed by atoms with E-state index in [-0.39, 0.29) is 0 Å². The van der Waals surface area contributed by atoms with Gasteiger partial charge in [0.1, 0.15) is 0 Å². The van der Waals surface area contributed by atoms with Gasteiger partial charge in [-0.2, -0.15) is 8.42 Å². The first-order valence-electron chi connectivity index (χ1n) is 8.59. The molecule has 0 amide bonds. The Balaban J connectivity index is 1.73. The van der Waals surface area contributed by atoms with Crippen LogP contribution in [-0.2, 0) is 14.3 Å². The molecule has 0 aromatic rings. The second kappa shape index (κ2) is 11.2. The third-order valence-corrected chi connectivity index (χ3v) is 4.72. The largest absolute Gasteiger partial charge is 0.270 e. The lowest BCUT2D eigenvalue weighted by molar-refractivity contribution is 0.309. The van der Waals surface area contributed by atoms with E-state index in [0.717, 1.165) is 25.0 Å². The van der Waals surface area contributed by atoms with Crippen LogP contribution in [0.5, 0.6) is 0 Å². The second-order valence-electron chi connectivity index (χ2n) is 6.26. The minimum atomic E-state index is -3.24. The molecule has 124 valence electrons. The van der Waals surface area contributed by atoms with Gasteiger partial charge < -0.3 is 0 Å². The predicted molar refractivity (Wildman–Crippen MR) is 88.8 cm³/mol. The first kappa shape index (κ1) is 18.7. The summed E-state index contributed by atoms with van der Waals surface area (Å²) >= 11 is 0. The Kier molecular flexibility index (Phi) is 10.0. The Hall–Kier alpha value is -0.350. The van der Waals surface area contributed by atoms with E-state index in [0.29, 0.717) is 6.61 Å². The average Bonchev–Trinajstić information content (AvgIpc) is 2.92. The maximum Gasteiger partial charge on any atom is 0.264 e. The molecule has 0 fully saturated rings. The summed E-state index contributed by atoms with van der Waals surface area (Å²) in [5.74, 6) is 0.874. The van der Waals surface area contributed by atoms with Gasteiger partial charge in [-0.25, -0.2) is 0 Å². The molecule has 0 aromatic heterocycles. The summed E-state index contributed by atoms with van der Waals surface area (Å²) in [5.41, 5.74) is 0. The van der Waals surface area contributed by atoms with Crippen LogP contribution in [0.1, 0.15) is 77.0 Å². The van der Waals surface area contributed by atoms with Crippen LogP contribution >= 0.6 is 0 Å². The number of rotatable bonds is 13. The normalized spacial score (nSPS) is 18.4. The molecule has 0 aromatic carbocycles. The van der Waals surface area contributed by atoms with Crippen molar-refractivity contribution in [3.8, 4) is 0 Å². The van der Waals surface area contributed by atoms with E-state index in [1.165, 1.54) is 64.2 Å². The zero-order valence-corrected chi connectivity index (χ0v) is 14.4. The summed E-state index contributed by atoms with van der Waals surface area (Å²) in [4.78, 5) is 0. The number of unbranched alkanes of at least 4 members (excludes halogenated alkanes) is 8. The molecular weight excluding hydrogens is 284 g/mol. The van der Waals surface area contributed by atoms with Gasteiger partial charge in [-0.15, -0.1) is 0 Å². The quantitative estimate of drug-likeness (QED) is 0.278. The van der Waals surface area contributed by atoms with Crippen molar-refractivity contribution < 1.29 is 12.6 Å². The van der Waals surface area contributed by atoms with Gasteiger partial charge >= 0.3 is 0 Å². The van der Waals surface area contributed by atoms with Crippen LogP contribution in [-0.4, -0.2) is 21.3 Å². The molecule has 0 unspecified atom stereocenters. The highest BCUT2D eigenvalue weighted by Crippen LogP contribution is 2.23. The fourth-order valence-electron chi connectivity index (χ4n) is 2.89. The van der Waals surface area contributed by atoms with Crippen LogP contribution in [0.15, 0.2) is 12.2 Å². The van der Waals surface area contributed by atoms with Gasteiger partial charge in [0.2, 0.25) is 0 Å². The molecule has 0 bridgehead atoms. The third kappa shape index (κ3) is 11.9. The predicted octanol–water partition coefficient (Wildman–Crippen LogP) is 4.83. The molecule has 0 saturated carbocycles. The van der Waals surface area contributed by atoms with Crippen molar-refractivity contribution in [2.24, 2.45) is 5.92 Å². The van der Waals surface area contributed by atoms with E-state index in [9.17, 15) is 8.42 Å². The van der Waals surface area contributed by atoms with Gasteiger partial charge in [0, 0.05) is 0 Å². The molecule has 1 aliphatic rings. The molecule has 3 nitrogen and oxygen atoms in total. The molecular formula is C17H32O3S. The maximum absolute atomic E-state index is 10.7. The van der Waals surface area contributed by atoms with Crippen molar-refractivity contribution in [2.45, 2.75) is 77.0 Å². The number of hydrogen-bond donors (Lipinski definition) is 0. The fraction of sp³-hybridized carbons (Fsp3) is 0.882. The molecule has 0 radical (unpaired) electrons. The highest BCUT2D eigenvalue weighted by Gasteiger charge is 2.07. The first-order chi connectivity index (χ1) is 10.1.